The van der Waals surface area contributed by atoms with E-state index >= 15 is 0 Å². The molecular formula is C15H10FN3O2. The van der Waals surface area contributed by atoms with Crippen LogP contribution in [0.25, 0.3) is 22.4 Å². The van der Waals surface area contributed by atoms with Crippen LogP contribution in [0.5, 0.6) is 0 Å². The minimum atomic E-state index is -1.11. The number of aromatic nitrogens is 3. The molecule has 3 aromatic rings. The smallest absolute Gasteiger partial charge is 0.356 e. The molecule has 0 amide bonds. The molecule has 104 valence electrons. The summed E-state index contributed by atoms with van der Waals surface area (Å²) in [4.78, 5) is 11.0. The second kappa shape index (κ2) is 5.16. The highest BCUT2D eigenvalue weighted by molar-refractivity contribution is 5.92. The molecule has 1 heterocycles. The summed E-state index contributed by atoms with van der Waals surface area (Å²) in [5.41, 5.74) is 2.66. The van der Waals surface area contributed by atoms with Crippen LogP contribution in [-0.4, -0.2) is 26.5 Å². The molecule has 0 aliphatic heterocycles. The summed E-state index contributed by atoms with van der Waals surface area (Å²) in [6.07, 6.45) is 0. The van der Waals surface area contributed by atoms with Crippen LogP contribution in [0.3, 0.4) is 0 Å². The van der Waals surface area contributed by atoms with Crippen molar-refractivity contribution in [1.82, 2.24) is 15.4 Å². The van der Waals surface area contributed by atoms with Gasteiger partial charge < -0.3 is 5.11 Å². The summed E-state index contributed by atoms with van der Waals surface area (Å²) in [6.45, 7) is 0. The Morgan fingerprint density at radius 3 is 2.05 bits per heavy atom. The summed E-state index contributed by atoms with van der Waals surface area (Å²) < 4.78 is 12.9. The Morgan fingerprint density at radius 1 is 0.952 bits per heavy atom. The Bertz CT molecular complexity index is 779. The maximum atomic E-state index is 12.9. The molecule has 6 heteroatoms. The predicted molar refractivity (Wildman–Crippen MR) is 74.2 cm³/mol. The molecule has 0 saturated heterocycles. The Labute approximate surface area is 119 Å². The number of aromatic amines is 1. The van der Waals surface area contributed by atoms with Gasteiger partial charge in [-0.1, -0.05) is 41.6 Å². The molecule has 3 rings (SSSR count). The van der Waals surface area contributed by atoms with E-state index < -0.39 is 5.97 Å². The second-order valence-electron chi connectivity index (χ2n) is 4.42. The number of aromatic carboxylic acids is 1. The molecule has 2 aromatic carbocycles. The first-order chi connectivity index (χ1) is 10.1. The SMILES string of the molecule is O=C(O)c1[nH]nnc1-c1ccc(-c2ccc(F)cc2)cc1. The van der Waals surface area contributed by atoms with Gasteiger partial charge in [0, 0.05) is 5.56 Å². The third kappa shape index (κ3) is 2.51. The van der Waals surface area contributed by atoms with Crippen molar-refractivity contribution in [2.75, 3.05) is 0 Å². The van der Waals surface area contributed by atoms with Gasteiger partial charge in [0.1, 0.15) is 11.5 Å². The van der Waals surface area contributed by atoms with Crippen LogP contribution in [0.1, 0.15) is 10.5 Å². The molecule has 0 fully saturated rings. The fourth-order valence-corrected chi connectivity index (χ4v) is 2.04. The molecule has 0 atom stereocenters. The topological polar surface area (TPSA) is 78.9 Å². The van der Waals surface area contributed by atoms with Crippen molar-refractivity contribution < 1.29 is 14.3 Å². The fraction of sp³-hybridized carbons (Fsp3) is 0. The number of carboxylic acid groups (broad SMARTS) is 1. The average molecular weight is 283 g/mol. The van der Waals surface area contributed by atoms with Gasteiger partial charge in [0.25, 0.3) is 0 Å². The number of hydrogen-bond donors (Lipinski definition) is 2. The fourth-order valence-electron chi connectivity index (χ4n) is 2.04. The van der Waals surface area contributed by atoms with Crippen LogP contribution in [0.15, 0.2) is 48.5 Å². The lowest BCUT2D eigenvalue weighted by Gasteiger charge is -2.03. The van der Waals surface area contributed by atoms with Crippen molar-refractivity contribution in [1.29, 1.82) is 0 Å². The van der Waals surface area contributed by atoms with Crippen molar-refractivity contribution in [3.8, 4) is 22.4 Å². The van der Waals surface area contributed by atoms with E-state index in [1.165, 1.54) is 12.1 Å². The van der Waals surface area contributed by atoms with E-state index in [4.69, 9.17) is 5.11 Å². The second-order valence-corrected chi connectivity index (χ2v) is 4.42. The molecule has 0 unspecified atom stereocenters. The minimum Gasteiger partial charge on any atom is -0.476 e. The van der Waals surface area contributed by atoms with E-state index in [1.54, 1.807) is 24.3 Å². The first-order valence-electron chi connectivity index (χ1n) is 6.16. The number of halogens is 1. The molecule has 0 radical (unpaired) electrons. The summed E-state index contributed by atoms with van der Waals surface area (Å²) in [7, 11) is 0. The minimum absolute atomic E-state index is 0.0514. The monoisotopic (exact) mass is 283 g/mol. The van der Waals surface area contributed by atoms with E-state index in [0.717, 1.165) is 11.1 Å². The van der Waals surface area contributed by atoms with Crippen molar-refractivity contribution in [3.05, 3.63) is 60.0 Å². The number of carboxylic acids is 1. The first kappa shape index (κ1) is 13.0. The van der Waals surface area contributed by atoms with Gasteiger partial charge in [-0.15, -0.1) is 5.10 Å². The molecule has 5 nitrogen and oxygen atoms in total. The first-order valence-corrected chi connectivity index (χ1v) is 6.16. The van der Waals surface area contributed by atoms with Crippen molar-refractivity contribution in [2.24, 2.45) is 0 Å². The average Bonchev–Trinajstić information content (AvgIpc) is 2.98. The number of rotatable bonds is 3. The van der Waals surface area contributed by atoms with Crippen molar-refractivity contribution in [2.45, 2.75) is 0 Å². The lowest BCUT2D eigenvalue weighted by atomic mass is 10.0. The third-order valence-corrected chi connectivity index (χ3v) is 3.10. The number of benzene rings is 2. The highest BCUT2D eigenvalue weighted by Crippen LogP contribution is 2.25. The van der Waals surface area contributed by atoms with Gasteiger partial charge in [-0.25, -0.2) is 9.18 Å². The highest BCUT2D eigenvalue weighted by atomic mass is 19.1. The number of nitrogens with one attached hydrogen (secondary N) is 1. The van der Waals surface area contributed by atoms with Gasteiger partial charge in [-0.2, -0.15) is 0 Å². The standard InChI is InChI=1S/C15H10FN3O2/c16-12-7-5-10(6-8-12)9-1-3-11(4-2-9)13-14(15(20)21)18-19-17-13/h1-8H,(H,20,21)(H,17,18,19). The van der Waals surface area contributed by atoms with Crippen molar-refractivity contribution >= 4 is 5.97 Å². The summed E-state index contributed by atoms with van der Waals surface area (Å²) >= 11 is 0. The summed E-state index contributed by atoms with van der Waals surface area (Å²) in [6, 6.07) is 13.3. The third-order valence-electron chi connectivity index (χ3n) is 3.10. The van der Waals surface area contributed by atoms with Crippen molar-refractivity contribution in [3.63, 3.8) is 0 Å². The van der Waals surface area contributed by atoms with E-state index in [0.29, 0.717) is 5.56 Å². The van der Waals surface area contributed by atoms with E-state index in [2.05, 4.69) is 15.4 Å². The number of H-pyrrole nitrogens is 1. The summed E-state index contributed by atoms with van der Waals surface area (Å²) in [5, 5.41) is 18.7. The zero-order chi connectivity index (χ0) is 14.8. The van der Waals surface area contributed by atoms with Gasteiger partial charge in [-0.05, 0) is 23.3 Å². The predicted octanol–water partition coefficient (Wildman–Crippen LogP) is 2.98. The van der Waals surface area contributed by atoms with Crippen LogP contribution >= 0.6 is 0 Å². The van der Waals surface area contributed by atoms with E-state index in [-0.39, 0.29) is 17.2 Å². The molecule has 1 aromatic heterocycles. The number of nitrogens with zero attached hydrogens (tertiary/aromatic N) is 2. The van der Waals surface area contributed by atoms with Crippen LogP contribution in [-0.2, 0) is 0 Å². The number of hydrogen-bond acceptors (Lipinski definition) is 3. The lowest BCUT2D eigenvalue weighted by Crippen LogP contribution is -1.99. The maximum Gasteiger partial charge on any atom is 0.356 e. The molecule has 0 bridgehead atoms. The van der Waals surface area contributed by atoms with Crippen LogP contribution in [0.2, 0.25) is 0 Å². The van der Waals surface area contributed by atoms with Crippen LogP contribution in [0, 0.1) is 5.82 Å². The Balaban J connectivity index is 1.95. The van der Waals surface area contributed by atoms with Gasteiger partial charge >= 0.3 is 5.97 Å². The van der Waals surface area contributed by atoms with Crippen LogP contribution in [0.4, 0.5) is 4.39 Å². The molecule has 0 aliphatic carbocycles. The quantitative estimate of drug-likeness (QED) is 0.774. The summed E-state index contributed by atoms with van der Waals surface area (Å²) in [5.74, 6) is -1.40. The van der Waals surface area contributed by atoms with Gasteiger partial charge in [-0.3, -0.25) is 5.10 Å². The zero-order valence-corrected chi connectivity index (χ0v) is 10.7. The number of carbonyl (C=O) groups is 1. The lowest BCUT2D eigenvalue weighted by molar-refractivity contribution is 0.0691. The largest absolute Gasteiger partial charge is 0.476 e. The Morgan fingerprint density at radius 2 is 1.48 bits per heavy atom. The normalized spacial score (nSPS) is 10.5. The van der Waals surface area contributed by atoms with Gasteiger partial charge in [0.05, 0.1) is 0 Å². The molecule has 21 heavy (non-hydrogen) atoms. The van der Waals surface area contributed by atoms with Gasteiger partial charge in [0.2, 0.25) is 0 Å². The molecule has 0 saturated carbocycles. The molecule has 0 spiro atoms. The van der Waals surface area contributed by atoms with Crippen LogP contribution < -0.4 is 0 Å². The Hall–Kier alpha value is -3.02. The molecule has 2 N–H and O–H groups in total. The highest BCUT2D eigenvalue weighted by Gasteiger charge is 2.15. The van der Waals surface area contributed by atoms with E-state index in [9.17, 15) is 9.18 Å². The maximum absolute atomic E-state index is 12.9. The molecular weight excluding hydrogens is 273 g/mol. The molecule has 0 aliphatic rings. The van der Waals surface area contributed by atoms with E-state index in [1.807, 2.05) is 12.1 Å². The van der Waals surface area contributed by atoms with Gasteiger partial charge in [0.15, 0.2) is 5.69 Å². The zero-order valence-electron chi connectivity index (χ0n) is 10.7. The Kier molecular flexibility index (Phi) is 3.19.